The lowest BCUT2D eigenvalue weighted by Crippen LogP contribution is -2.67. The molecule has 6 aliphatic carbocycles. The number of hydrogen-bond acceptors (Lipinski definition) is 5. The van der Waals surface area contributed by atoms with E-state index in [1.54, 1.807) is 0 Å². The maximum atomic E-state index is 14.6. The van der Waals surface area contributed by atoms with Gasteiger partial charge in [0.25, 0.3) is 0 Å². The number of aliphatic hydroxyl groups is 2. The molecule has 0 aromatic heterocycles. The van der Waals surface area contributed by atoms with Crippen molar-refractivity contribution in [1.29, 1.82) is 0 Å². The number of halogens is 2. The zero-order valence-corrected chi connectivity index (χ0v) is 29.6. The van der Waals surface area contributed by atoms with E-state index in [0.717, 1.165) is 34.9 Å². The molecule has 2 bridgehead atoms. The molecule has 0 aliphatic heterocycles. The van der Waals surface area contributed by atoms with Gasteiger partial charge in [0.1, 0.15) is 0 Å². The number of nitrogens with zero attached hydrogens (tertiary/aromatic N) is 1. The van der Waals surface area contributed by atoms with E-state index in [0.29, 0.717) is 44.1 Å². The van der Waals surface area contributed by atoms with Crippen LogP contribution in [0.1, 0.15) is 74.7 Å². The molecule has 9 rings (SSSR count). The van der Waals surface area contributed by atoms with E-state index in [9.17, 15) is 32.2 Å². The first-order chi connectivity index (χ1) is 23.6. The summed E-state index contributed by atoms with van der Waals surface area (Å²) in [7, 11) is -3.75. The average Bonchev–Trinajstić information content (AvgIpc) is 3.35. The molecular weight excluding hydrogens is 657 g/mol. The second-order valence-corrected chi connectivity index (χ2v) is 18.4. The van der Waals surface area contributed by atoms with Crippen LogP contribution in [0.3, 0.4) is 0 Å². The van der Waals surface area contributed by atoms with Gasteiger partial charge in [-0.15, -0.1) is 0 Å². The zero-order valence-electron chi connectivity index (χ0n) is 28.8. The smallest absolute Gasteiger partial charge is 0.211 e. The number of carbonyl (C=O) groups excluding carboxylic acids is 1. The van der Waals surface area contributed by atoms with Crippen molar-refractivity contribution in [2.24, 2.45) is 33.5 Å². The SMILES string of the molecule is C[C@]12CC[C@H]3[C@]4(C=C[C@@]5(C=C4C(=O)c4ccc(F)c(F)c4)CC(O)CC[C@]35C)[C@@H]1CC[C@@]2(O)CN(Cc1cccc2ccccc12)S(C)(=O)=O. The van der Waals surface area contributed by atoms with Crippen LogP contribution >= 0.6 is 0 Å². The fraction of sp³-hybridized carbons (Fsp3) is 0.488. The van der Waals surface area contributed by atoms with Crippen LogP contribution in [0.4, 0.5) is 8.78 Å². The summed E-state index contributed by atoms with van der Waals surface area (Å²) in [6.45, 7) is 4.36. The van der Waals surface area contributed by atoms with Crippen molar-refractivity contribution in [3.8, 4) is 0 Å². The van der Waals surface area contributed by atoms with Crippen LogP contribution in [0.5, 0.6) is 0 Å². The normalized spacial score (nSPS) is 37.4. The van der Waals surface area contributed by atoms with Gasteiger partial charge in [-0.25, -0.2) is 17.2 Å². The van der Waals surface area contributed by atoms with E-state index >= 15 is 0 Å². The van der Waals surface area contributed by atoms with E-state index in [4.69, 9.17) is 0 Å². The number of sulfonamides is 1. The first-order valence-electron chi connectivity index (χ1n) is 17.8. The van der Waals surface area contributed by atoms with E-state index < -0.39 is 49.6 Å². The molecule has 3 fully saturated rings. The summed E-state index contributed by atoms with van der Waals surface area (Å²) < 4.78 is 56.9. The van der Waals surface area contributed by atoms with Gasteiger partial charge < -0.3 is 10.2 Å². The summed E-state index contributed by atoms with van der Waals surface area (Å²) in [4.78, 5) is 14.6. The van der Waals surface area contributed by atoms with Crippen LogP contribution < -0.4 is 0 Å². The Morgan fingerprint density at radius 2 is 1.60 bits per heavy atom. The third-order valence-corrected chi connectivity index (χ3v) is 15.5. The summed E-state index contributed by atoms with van der Waals surface area (Å²) >= 11 is 0. The molecule has 2 N–H and O–H groups in total. The van der Waals surface area contributed by atoms with Crippen molar-refractivity contribution < 1.29 is 32.2 Å². The van der Waals surface area contributed by atoms with Gasteiger partial charge in [0.2, 0.25) is 10.0 Å². The molecule has 8 atom stereocenters. The van der Waals surface area contributed by atoms with Gasteiger partial charge in [-0.3, -0.25) is 4.79 Å². The van der Waals surface area contributed by atoms with E-state index in [-0.39, 0.29) is 41.7 Å². The fourth-order valence-electron chi connectivity index (χ4n) is 11.6. The quantitative estimate of drug-likeness (QED) is 0.199. The summed E-state index contributed by atoms with van der Waals surface area (Å²) in [6.07, 6.45) is 11.2. The minimum Gasteiger partial charge on any atom is -0.393 e. The van der Waals surface area contributed by atoms with Gasteiger partial charge in [0.15, 0.2) is 17.4 Å². The standard InChI is InChI=1S/C41H45F2NO5S/c1-37-16-13-29(45)22-39(37)19-20-41(31(23-39)36(46)27-11-12-32(42)33(43)21-27)34(37)14-17-38(2)35(41)15-18-40(38,47)25-44(50(3,48)49)24-28-9-6-8-26-7-4-5-10-30(26)28/h4-12,19-21,23,29,34-35,45,47H,13-18,22,24-25H2,1-3H3/t29?,34-,35-,37-,38+,39+,40-,41-/m1/s1. The molecule has 264 valence electrons. The average molecular weight is 702 g/mol. The molecule has 0 saturated heterocycles. The number of ketones is 1. The number of rotatable bonds is 7. The van der Waals surface area contributed by atoms with Crippen molar-refractivity contribution in [3.63, 3.8) is 0 Å². The van der Waals surface area contributed by atoms with Crippen LogP contribution in [0.2, 0.25) is 0 Å². The van der Waals surface area contributed by atoms with Gasteiger partial charge in [0, 0.05) is 40.5 Å². The van der Waals surface area contributed by atoms with Crippen molar-refractivity contribution in [2.75, 3.05) is 12.8 Å². The molecule has 3 aromatic rings. The minimum absolute atomic E-state index is 0.00358. The Balaban J connectivity index is 1.22. The number of fused-ring (bicyclic) bond motifs is 2. The molecule has 6 nitrogen and oxygen atoms in total. The van der Waals surface area contributed by atoms with Gasteiger partial charge in [-0.05, 0) is 96.7 Å². The van der Waals surface area contributed by atoms with Gasteiger partial charge in [-0.1, -0.05) is 74.5 Å². The second kappa shape index (κ2) is 11.1. The molecule has 2 spiro atoms. The maximum absolute atomic E-state index is 14.6. The van der Waals surface area contributed by atoms with Crippen molar-refractivity contribution >= 4 is 26.6 Å². The molecule has 6 aliphatic rings. The lowest BCUT2D eigenvalue weighted by Gasteiger charge is -2.71. The molecule has 1 unspecified atom stereocenters. The van der Waals surface area contributed by atoms with E-state index in [1.165, 1.54) is 16.6 Å². The Morgan fingerprint density at radius 3 is 2.36 bits per heavy atom. The molecule has 50 heavy (non-hydrogen) atoms. The highest BCUT2D eigenvalue weighted by Crippen LogP contribution is 2.78. The third-order valence-electron chi connectivity index (χ3n) is 14.3. The summed E-state index contributed by atoms with van der Waals surface area (Å²) in [5.74, 6) is -2.70. The monoisotopic (exact) mass is 701 g/mol. The highest BCUT2D eigenvalue weighted by atomic mass is 32.2. The van der Waals surface area contributed by atoms with Crippen LogP contribution in [-0.2, 0) is 16.6 Å². The van der Waals surface area contributed by atoms with E-state index in [1.807, 2.05) is 48.5 Å². The highest BCUT2D eigenvalue weighted by Gasteiger charge is 2.74. The topological polar surface area (TPSA) is 94.9 Å². The lowest BCUT2D eigenvalue weighted by atomic mass is 9.32. The summed E-state index contributed by atoms with van der Waals surface area (Å²) in [5.41, 5.74) is -2.38. The predicted molar refractivity (Wildman–Crippen MR) is 188 cm³/mol. The van der Waals surface area contributed by atoms with Gasteiger partial charge in [-0.2, -0.15) is 4.31 Å². The Kier molecular flexibility index (Phi) is 7.54. The van der Waals surface area contributed by atoms with Gasteiger partial charge >= 0.3 is 0 Å². The Morgan fingerprint density at radius 1 is 0.900 bits per heavy atom. The number of benzene rings is 3. The second-order valence-electron chi connectivity index (χ2n) is 16.4. The summed E-state index contributed by atoms with van der Waals surface area (Å²) in [6, 6.07) is 17.0. The molecule has 9 heteroatoms. The molecular formula is C41H45F2NO5S. The lowest BCUT2D eigenvalue weighted by molar-refractivity contribution is -0.173. The largest absolute Gasteiger partial charge is 0.393 e. The predicted octanol–water partition coefficient (Wildman–Crippen LogP) is 7.35. The van der Waals surface area contributed by atoms with Crippen LogP contribution in [-0.4, -0.2) is 53.2 Å². The van der Waals surface area contributed by atoms with Crippen molar-refractivity contribution in [2.45, 2.75) is 77.0 Å². The molecule has 0 amide bonds. The fourth-order valence-corrected chi connectivity index (χ4v) is 12.4. The number of carbonyl (C=O) groups is 1. The molecule has 3 saturated carbocycles. The first-order valence-corrected chi connectivity index (χ1v) is 19.7. The molecule has 0 heterocycles. The maximum Gasteiger partial charge on any atom is 0.211 e. The van der Waals surface area contributed by atoms with Gasteiger partial charge in [0.05, 0.1) is 18.0 Å². The Bertz CT molecular complexity index is 2090. The van der Waals surface area contributed by atoms with Crippen LogP contribution in [0.25, 0.3) is 10.8 Å². The molecule has 3 aromatic carbocycles. The summed E-state index contributed by atoms with van der Waals surface area (Å²) in [5, 5.41) is 25.8. The number of Topliss-reactive ketones (excluding diaryl/α,β-unsaturated/α-hetero) is 1. The van der Waals surface area contributed by atoms with Crippen molar-refractivity contribution in [1.82, 2.24) is 4.31 Å². The number of aliphatic hydroxyl groups excluding tert-OH is 1. The first kappa shape index (κ1) is 33.9. The third kappa shape index (κ3) is 4.58. The number of hydrogen-bond donors (Lipinski definition) is 2. The van der Waals surface area contributed by atoms with E-state index in [2.05, 4.69) is 26.0 Å². The number of allylic oxidation sites excluding steroid dienone is 4. The minimum atomic E-state index is -3.75. The molecule has 0 radical (unpaired) electrons. The Hall–Kier alpha value is -3.24. The van der Waals surface area contributed by atoms with Crippen LogP contribution in [0.15, 0.2) is 84.5 Å². The highest BCUT2D eigenvalue weighted by molar-refractivity contribution is 7.88. The van der Waals surface area contributed by atoms with Crippen molar-refractivity contribution in [3.05, 3.63) is 107 Å². The van der Waals surface area contributed by atoms with Crippen LogP contribution in [0, 0.1) is 45.1 Å². The Labute approximate surface area is 292 Å². The zero-order chi connectivity index (χ0) is 35.5.